The molecule has 0 spiro atoms. The number of anilines is 1. The minimum absolute atomic E-state index is 0.0169. The topological polar surface area (TPSA) is 126 Å². The Bertz CT molecular complexity index is 1350. The molecule has 4 heterocycles. The molecule has 0 unspecified atom stereocenters. The number of hydrogen-bond donors (Lipinski definition) is 1. The highest BCUT2D eigenvalue weighted by Crippen LogP contribution is 2.39. The number of nitrogen functional groups attached to an aromatic ring is 1. The number of fused-ring (bicyclic) bond motifs is 1. The second kappa shape index (κ2) is 9.29. The molecule has 2 N–H and O–H groups in total. The highest BCUT2D eigenvalue weighted by atomic mass is 32.2. The number of methoxy groups -OCH3 is 1. The first-order valence-corrected chi connectivity index (χ1v) is 10.9. The highest BCUT2D eigenvalue weighted by Gasteiger charge is 2.38. The van der Waals surface area contributed by atoms with Crippen LogP contribution in [0, 0.1) is 0 Å². The van der Waals surface area contributed by atoms with Gasteiger partial charge in [0.05, 0.1) is 24.8 Å². The third kappa shape index (κ3) is 4.00. The fourth-order valence-corrected chi connectivity index (χ4v) is 4.73. The number of ether oxygens (including phenoxy) is 2. The van der Waals surface area contributed by atoms with Gasteiger partial charge in [-0.05, 0) is 36.3 Å². The summed E-state index contributed by atoms with van der Waals surface area (Å²) in [5.74, 6) is -1.87. The average molecular weight is 465 g/mol. The normalized spacial score (nSPS) is 15.8. The lowest BCUT2D eigenvalue weighted by Gasteiger charge is -2.23. The van der Waals surface area contributed by atoms with Crippen LogP contribution in [0.3, 0.4) is 0 Å². The Morgan fingerprint density at radius 1 is 1.18 bits per heavy atom. The summed E-state index contributed by atoms with van der Waals surface area (Å²) in [6.45, 7) is 1.82. The van der Waals surface area contributed by atoms with Crippen molar-refractivity contribution in [3.63, 3.8) is 0 Å². The van der Waals surface area contributed by atoms with Crippen LogP contribution in [0.5, 0.6) is 0 Å². The number of carbonyl (C=O) groups excluding carboxylic acids is 3. The summed E-state index contributed by atoms with van der Waals surface area (Å²) in [6, 6.07) is 6.94. The van der Waals surface area contributed by atoms with Gasteiger partial charge in [0.25, 0.3) is 0 Å². The molecular weight excluding hydrogens is 444 g/mol. The molecule has 0 aromatic carbocycles. The second-order valence-corrected chi connectivity index (χ2v) is 8.07. The number of rotatable bonds is 5. The van der Waals surface area contributed by atoms with Gasteiger partial charge in [0.1, 0.15) is 10.2 Å². The van der Waals surface area contributed by atoms with Crippen molar-refractivity contribution in [2.75, 3.05) is 19.5 Å². The van der Waals surface area contributed by atoms with E-state index in [1.165, 1.54) is 13.3 Å². The Kier molecular flexibility index (Phi) is 6.27. The summed E-state index contributed by atoms with van der Waals surface area (Å²) in [4.78, 5) is 47.7. The van der Waals surface area contributed by atoms with Crippen LogP contribution in [-0.2, 0) is 14.3 Å². The van der Waals surface area contributed by atoms with Gasteiger partial charge in [-0.3, -0.25) is 19.3 Å². The van der Waals surface area contributed by atoms with Gasteiger partial charge in [-0.15, -0.1) is 0 Å². The predicted molar refractivity (Wildman–Crippen MR) is 122 cm³/mol. The standard InChI is InChI=1S/C23H20N4O5S/c1-3-32-23(30)20-17-15(10-13-6-4-8-25-11-13)16(24)18(22(29)31-2)27(17)21(28)19(33-20)14-7-5-9-26-12-14/h4-12,19H,3,24H2,1-2H3/b15-10+/t19-/m0/s1. The van der Waals surface area contributed by atoms with Crippen LogP contribution in [0.15, 0.2) is 49.1 Å². The van der Waals surface area contributed by atoms with E-state index < -0.39 is 23.1 Å². The molecule has 0 fully saturated rings. The fourth-order valence-electron chi connectivity index (χ4n) is 3.55. The minimum Gasteiger partial charge on any atom is -0.464 e. The molecule has 3 aromatic heterocycles. The molecule has 9 nitrogen and oxygen atoms in total. The number of hydrogen-bond acceptors (Lipinski definition) is 9. The van der Waals surface area contributed by atoms with Crippen LogP contribution in [0.2, 0.25) is 0 Å². The summed E-state index contributed by atoms with van der Waals surface area (Å²) in [5, 5.41) is -0.325. The predicted octanol–water partition coefficient (Wildman–Crippen LogP) is 1.28. The maximum Gasteiger partial charge on any atom is 0.357 e. The lowest BCUT2D eigenvalue weighted by molar-refractivity contribution is -0.135. The maximum absolute atomic E-state index is 13.7. The van der Waals surface area contributed by atoms with Crippen molar-refractivity contribution in [2.45, 2.75) is 12.2 Å². The number of aromatic nitrogens is 3. The zero-order valence-electron chi connectivity index (χ0n) is 17.8. The molecule has 0 radical (unpaired) electrons. The van der Waals surface area contributed by atoms with Crippen LogP contribution in [0.25, 0.3) is 11.0 Å². The van der Waals surface area contributed by atoms with Gasteiger partial charge < -0.3 is 15.2 Å². The molecular formula is C23H20N4O5S. The number of esters is 2. The van der Waals surface area contributed by atoms with Crippen molar-refractivity contribution in [3.05, 3.63) is 76.4 Å². The van der Waals surface area contributed by atoms with Gasteiger partial charge in [0, 0.05) is 30.0 Å². The third-order valence-electron chi connectivity index (χ3n) is 4.97. The Morgan fingerprint density at radius 2 is 1.91 bits per heavy atom. The number of pyridine rings is 2. The first kappa shape index (κ1) is 22.3. The molecule has 33 heavy (non-hydrogen) atoms. The van der Waals surface area contributed by atoms with Crippen LogP contribution >= 0.6 is 11.8 Å². The third-order valence-corrected chi connectivity index (χ3v) is 6.27. The van der Waals surface area contributed by atoms with Gasteiger partial charge in [-0.25, -0.2) is 9.59 Å². The molecule has 0 amide bonds. The smallest absolute Gasteiger partial charge is 0.357 e. The SMILES string of the molecule is CCOC(=O)C1=c2/c(=C/c3cccnc3)c(N)c(C(=O)OC)n2C(=O)[C@H](c2cccnc2)S1. The summed E-state index contributed by atoms with van der Waals surface area (Å²) in [7, 11) is 1.20. The Balaban J connectivity index is 2.11. The summed E-state index contributed by atoms with van der Waals surface area (Å²) < 4.78 is 11.4. The quantitative estimate of drug-likeness (QED) is 0.556. The zero-order chi connectivity index (χ0) is 23.5. The first-order chi connectivity index (χ1) is 16.0. The molecule has 3 aromatic rings. The van der Waals surface area contributed by atoms with Crippen molar-refractivity contribution >= 4 is 46.3 Å². The van der Waals surface area contributed by atoms with E-state index in [1.807, 2.05) is 0 Å². The van der Waals surface area contributed by atoms with E-state index in [0.29, 0.717) is 16.3 Å². The molecule has 1 aliphatic rings. The Morgan fingerprint density at radius 3 is 2.52 bits per heavy atom. The van der Waals surface area contributed by atoms with Crippen LogP contribution in [0.4, 0.5) is 5.69 Å². The van der Waals surface area contributed by atoms with Crippen LogP contribution in [-0.4, -0.2) is 46.1 Å². The fraction of sp³-hybridized carbons (Fsp3) is 0.174. The number of nitrogens with zero attached hydrogens (tertiary/aromatic N) is 3. The van der Waals surface area contributed by atoms with Crippen molar-refractivity contribution in [1.82, 2.24) is 14.5 Å². The van der Waals surface area contributed by atoms with Crippen molar-refractivity contribution < 1.29 is 23.9 Å². The molecule has 0 aliphatic carbocycles. The van der Waals surface area contributed by atoms with Crippen LogP contribution < -0.4 is 16.3 Å². The minimum atomic E-state index is -0.841. The van der Waals surface area contributed by atoms with E-state index in [2.05, 4.69) is 9.97 Å². The van der Waals surface area contributed by atoms with Gasteiger partial charge in [-0.1, -0.05) is 23.9 Å². The molecule has 4 rings (SSSR count). The van der Waals surface area contributed by atoms with E-state index in [0.717, 1.165) is 16.3 Å². The maximum atomic E-state index is 13.7. The summed E-state index contributed by atoms with van der Waals surface area (Å²) >= 11 is 1.04. The molecule has 1 atom stereocenters. The molecule has 0 bridgehead atoms. The lowest BCUT2D eigenvalue weighted by Crippen LogP contribution is -2.42. The molecule has 0 saturated heterocycles. The number of thioether (sulfide) groups is 1. The van der Waals surface area contributed by atoms with Crippen molar-refractivity contribution in [2.24, 2.45) is 0 Å². The van der Waals surface area contributed by atoms with Gasteiger partial charge >= 0.3 is 11.9 Å². The van der Waals surface area contributed by atoms with Gasteiger partial charge in [0.2, 0.25) is 5.91 Å². The second-order valence-electron chi connectivity index (χ2n) is 6.95. The van der Waals surface area contributed by atoms with Crippen molar-refractivity contribution in [3.8, 4) is 0 Å². The summed E-state index contributed by atoms with van der Waals surface area (Å²) in [5.41, 5.74) is 7.49. The first-order valence-electron chi connectivity index (χ1n) is 10.00. The van der Waals surface area contributed by atoms with Crippen molar-refractivity contribution in [1.29, 1.82) is 0 Å². The average Bonchev–Trinajstić information content (AvgIpc) is 3.12. The lowest BCUT2D eigenvalue weighted by atomic mass is 10.2. The Labute approximate surface area is 192 Å². The number of carbonyl (C=O) groups is 3. The van der Waals surface area contributed by atoms with E-state index in [9.17, 15) is 14.4 Å². The van der Waals surface area contributed by atoms with Crippen LogP contribution in [0.1, 0.15) is 38.6 Å². The van der Waals surface area contributed by atoms with Gasteiger partial charge in [0.15, 0.2) is 5.69 Å². The highest BCUT2D eigenvalue weighted by molar-refractivity contribution is 8.10. The number of nitrogens with two attached hydrogens (primary N) is 1. The summed E-state index contributed by atoms with van der Waals surface area (Å²) in [6.07, 6.45) is 8.00. The monoisotopic (exact) mass is 464 g/mol. The zero-order valence-corrected chi connectivity index (χ0v) is 18.7. The van der Waals surface area contributed by atoms with E-state index in [4.69, 9.17) is 15.2 Å². The molecule has 168 valence electrons. The van der Waals surface area contributed by atoms with E-state index >= 15 is 0 Å². The van der Waals surface area contributed by atoms with E-state index in [1.54, 1.807) is 55.9 Å². The molecule has 10 heteroatoms. The Hall–Kier alpha value is -3.92. The molecule has 1 aliphatic heterocycles. The largest absolute Gasteiger partial charge is 0.464 e. The van der Waals surface area contributed by atoms with Gasteiger partial charge in [-0.2, -0.15) is 0 Å². The molecule has 0 saturated carbocycles. The van der Waals surface area contributed by atoms with E-state index in [-0.39, 0.29) is 28.2 Å².